The van der Waals surface area contributed by atoms with Gasteiger partial charge in [-0.25, -0.2) is 14.3 Å². The maximum absolute atomic E-state index is 14.2. The lowest BCUT2D eigenvalue weighted by molar-refractivity contribution is -0.0133. The van der Waals surface area contributed by atoms with Crippen LogP contribution in [0.1, 0.15) is 23.7 Å². The molecule has 3 N–H and O–H groups in total. The second-order valence-corrected chi connectivity index (χ2v) is 6.46. The van der Waals surface area contributed by atoms with Gasteiger partial charge in [0.05, 0.1) is 23.0 Å². The molecule has 2 aromatic carbocycles. The molecule has 1 unspecified atom stereocenters. The van der Waals surface area contributed by atoms with Crippen molar-refractivity contribution >= 4 is 39.9 Å². The second-order valence-electron chi connectivity index (χ2n) is 5.22. The summed E-state index contributed by atoms with van der Waals surface area (Å²) < 4.78 is 28.8. The molecule has 0 saturated heterocycles. The molecule has 0 fully saturated rings. The first-order valence-corrected chi connectivity index (χ1v) is 8.61. The number of aliphatic hydroxyl groups is 1. The molecule has 0 heterocycles. The summed E-state index contributed by atoms with van der Waals surface area (Å²) in [6, 6.07) is 8.30. The molecule has 0 aliphatic rings. The molecular weight excluding hydrogens is 445 g/mol. The van der Waals surface area contributed by atoms with E-state index in [-0.39, 0.29) is 23.5 Å². The molecule has 2 rings (SSSR count). The van der Waals surface area contributed by atoms with Crippen LogP contribution in [-0.4, -0.2) is 23.7 Å². The summed E-state index contributed by atoms with van der Waals surface area (Å²) in [6.07, 6.45) is -0.249. The van der Waals surface area contributed by atoms with Gasteiger partial charge in [0.1, 0.15) is 18.2 Å². The van der Waals surface area contributed by atoms with Crippen molar-refractivity contribution in [2.75, 3.05) is 11.9 Å². The third-order valence-electron chi connectivity index (χ3n) is 3.36. The number of carbonyl (C=O) groups is 1. The second kappa shape index (κ2) is 9.07. The maximum Gasteiger partial charge on any atom is 0.277 e. The van der Waals surface area contributed by atoms with E-state index >= 15 is 0 Å². The fourth-order valence-electron chi connectivity index (χ4n) is 1.94. The van der Waals surface area contributed by atoms with Crippen molar-refractivity contribution in [1.29, 1.82) is 0 Å². The molecule has 25 heavy (non-hydrogen) atoms. The highest BCUT2D eigenvalue weighted by atomic mass is 127. The van der Waals surface area contributed by atoms with Crippen LogP contribution in [0, 0.1) is 15.2 Å². The number of rotatable bonds is 7. The summed E-state index contributed by atoms with van der Waals surface area (Å²) in [5.41, 5.74) is 1.97. The van der Waals surface area contributed by atoms with E-state index < -0.39 is 23.6 Å². The summed E-state index contributed by atoms with van der Waals surface area (Å²) in [5.74, 6) is -1.99. The Bertz CT molecular complexity index is 759. The first kappa shape index (κ1) is 19.5. The molecule has 1 atom stereocenters. The minimum atomic E-state index is -0.716. The van der Waals surface area contributed by atoms with Crippen molar-refractivity contribution in [2.24, 2.45) is 0 Å². The summed E-state index contributed by atoms with van der Waals surface area (Å²) in [4.78, 5) is 17.1. The van der Waals surface area contributed by atoms with Gasteiger partial charge in [0.2, 0.25) is 0 Å². The molecular formula is C17H17F2IN2O3. The third-order valence-corrected chi connectivity index (χ3v) is 4.03. The predicted octanol–water partition coefficient (Wildman–Crippen LogP) is 3.75. The van der Waals surface area contributed by atoms with Gasteiger partial charge in [0, 0.05) is 3.57 Å². The molecule has 134 valence electrons. The molecule has 0 aliphatic heterocycles. The van der Waals surface area contributed by atoms with Gasteiger partial charge in [-0.1, -0.05) is 13.0 Å². The van der Waals surface area contributed by atoms with Crippen molar-refractivity contribution in [3.8, 4) is 0 Å². The number of amides is 1. The molecule has 8 heteroatoms. The summed E-state index contributed by atoms with van der Waals surface area (Å²) >= 11 is 1.96. The molecule has 0 radical (unpaired) electrons. The average molecular weight is 462 g/mol. The van der Waals surface area contributed by atoms with Crippen molar-refractivity contribution in [2.45, 2.75) is 19.4 Å². The van der Waals surface area contributed by atoms with Crippen LogP contribution in [-0.2, 0) is 4.84 Å². The molecule has 0 aromatic heterocycles. The largest absolute Gasteiger partial charge is 0.391 e. The minimum Gasteiger partial charge on any atom is -0.391 e. The number of para-hydroxylation sites is 1. The summed E-state index contributed by atoms with van der Waals surface area (Å²) in [5, 5.41) is 12.0. The van der Waals surface area contributed by atoms with Crippen molar-refractivity contribution < 1.29 is 23.5 Å². The van der Waals surface area contributed by atoms with Crippen LogP contribution in [0.5, 0.6) is 0 Å². The molecule has 1 amide bonds. The highest BCUT2D eigenvalue weighted by molar-refractivity contribution is 14.1. The zero-order valence-corrected chi connectivity index (χ0v) is 15.5. The fourth-order valence-corrected chi connectivity index (χ4v) is 2.40. The molecule has 2 aromatic rings. The van der Waals surface area contributed by atoms with E-state index in [0.717, 1.165) is 6.07 Å². The zero-order valence-electron chi connectivity index (χ0n) is 13.4. The van der Waals surface area contributed by atoms with Crippen molar-refractivity contribution in [3.05, 3.63) is 57.2 Å². The number of anilines is 2. The van der Waals surface area contributed by atoms with Gasteiger partial charge in [0.25, 0.3) is 5.91 Å². The Morgan fingerprint density at radius 2 is 2.04 bits per heavy atom. The normalized spacial score (nSPS) is 11.9. The Morgan fingerprint density at radius 3 is 2.72 bits per heavy atom. The Hall–Kier alpha value is -1.78. The number of carbonyl (C=O) groups excluding carboxylic acids is 1. The predicted molar refractivity (Wildman–Crippen MR) is 98.5 cm³/mol. The summed E-state index contributed by atoms with van der Waals surface area (Å²) in [7, 11) is 0. The van der Waals surface area contributed by atoms with E-state index in [1.54, 1.807) is 13.0 Å². The Balaban J connectivity index is 2.19. The quantitative estimate of drug-likeness (QED) is 0.433. The minimum absolute atomic E-state index is 0.0434. The number of hydrogen-bond acceptors (Lipinski definition) is 4. The van der Waals surface area contributed by atoms with Crippen LogP contribution < -0.4 is 10.8 Å². The lowest BCUT2D eigenvalue weighted by Gasteiger charge is -2.14. The van der Waals surface area contributed by atoms with Crippen LogP contribution in [0.2, 0.25) is 0 Å². The average Bonchev–Trinajstić information content (AvgIpc) is 2.58. The first-order valence-electron chi connectivity index (χ1n) is 7.53. The van der Waals surface area contributed by atoms with Gasteiger partial charge in [0.15, 0.2) is 0 Å². The van der Waals surface area contributed by atoms with E-state index in [2.05, 4.69) is 10.8 Å². The highest BCUT2D eigenvalue weighted by Gasteiger charge is 2.17. The highest BCUT2D eigenvalue weighted by Crippen LogP contribution is 2.27. The SMILES string of the molecule is CCC(O)CONC(=O)c1cccc(F)c1Nc1ccc(I)cc1F. The lowest BCUT2D eigenvalue weighted by Crippen LogP contribution is -2.28. The van der Waals surface area contributed by atoms with Gasteiger partial charge >= 0.3 is 0 Å². The molecule has 5 nitrogen and oxygen atoms in total. The van der Waals surface area contributed by atoms with Crippen molar-refractivity contribution in [3.63, 3.8) is 0 Å². The van der Waals surface area contributed by atoms with E-state index in [1.807, 2.05) is 22.6 Å². The van der Waals surface area contributed by atoms with Crippen LogP contribution in [0.15, 0.2) is 36.4 Å². The van der Waals surface area contributed by atoms with Gasteiger partial charge in [-0.3, -0.25) is 9.63 Å². The van der Waals surface area contributed by atoms with Gasteiger partial charge in [-0.15, -0.1) is 0 Å². The summed E-state index contributed by atoms with van der Waals surface area (Å²) in [6.45, 7) is 1.67. The van der Waals surface area contributed by atoms with Crippen molar-refractivity contribution in [1.82, 2.24) is 5.48 Å². The maximum atomic E-state index is 14.2. The Morgan fingerprint density at radius 1 is 1.28 bits per heavy atom. The number of hydroxylamine groups is 1. The number of aliphatic hydroxyl groups excluding tert-OH is 1. The van der Waals surface area contributed by atoms with E-state index in [9.17, 15) is 18.7 Å². The fraction of sp³-hybridized carbons (Fsp3) is 0.235. The van der Waals surface area contributed by atoms with Crippen LogP contribution in [0.25, 0.3) is 0 Å². The van der Waals surface area contributed by atoms with E-state index in [1.165, 1.54) is 24.3 Å². The Labute approximate surface area is 157 Å². The first-order chi connectivity index (χ1) is 11.9. The zero-order chi connectivity index (χ0) is 18.4. The smallest absolute Gasteiger partial charge is 0.277 e. The van der Waals surface area contributed by atoms with Gasteiger partial charge in [-0.2, -0.15) is 0 Å². The lowest BCUT2D eigenvalue weighted by atomic mass is 10.1. The molecule has 0 spiro atoms. The molecule has 0 bridgehead atoms. The number of benzene rings is 2. The van der Waals surface area contributed by atoms with E-state index in [4.69, 9.17) is 4.84 Å². The van der Waals surface area contributed by atoms with E-state index in [0.29, 0.717) is 9.99 Å². The van der Waals surface area contributed by atoms with Gasteiger partial charge < -0.3 is 10.4 Å². The van der Waals surface area contributed by atoms with Gasteiger partial charge in [-0.05, 0) is 59.3 Å². The monoisotopic (exact) mass is 462 g/mol. The van der Waals surface area contributed by atoms with Crippen LogP contribution >= 0.6 is 22.6 Å². The number of halogens is 3. The topological polar surface area (TPSA) is 70.6 Å². The molecule has 0 saturated carbocycles. The third kappa shape index (κ3) is 5.35. The molecule has 0 aliphatic carbocycles. The standard InChI is InChI=1S/C17H17F2IN2O3/c1-2-11(23)9-25-22-17(24)12-4-3-5-13(18)16(12)21-15-7-6-10(20)8-14(15)19/h3-8,11,21,23H,2,9H2,1H3,(H,22,24). The van der Waals surface area contributed by atoms with Crippen LogP contribution in [0.4, 0.5) is 20.2 Å². The number of nitrogens with one attached hydrogen (secondary N) is 2. The Kier molecular flexibility index (Phi) is 7.09. The van der Waals surface area contributed by atoms with Crippen LogP contribution in [0.3, 0.4) is 0 Å². The number of hydrogen-bond donors (Lipinski definition) is 3.